The first-order valence-electron chi connectivity index (χ1n) is 12.9. The average molecular weight is 479 g/mol. The number of benzene rings is 1. The zero-order chi connectivity index (χ0) is 25.1. The zero-order valence-corrected chi connectivity index (χ0v) is 21.6. The highest BCUT2D eigenvalue weighted by Gasteiger charge is 2.36. The fraction of sp³-hybridized carbons (Fsp3) is 0.464. The predicted molar refractivity (Wildman–Crippen MR) is 144 cm³/mol. The number of fused-ring (bicyclic) bond motifs is 1. The number of aromatic nitrogens is 6. The van der Waals surface area contributed by atoms with Crippen molar-refractivity contribution in [3.05, 3.63) is 55.0 Å². The molecule has 184 valence electrons. The number of piperidine rings is 1. The van der Waals surface area contributed by atoms with Crippen molar-refractivity contribution in [1.29, 1.82) is 0 Å². The van der Waals surface area contributed by atoms with Gasteiger partial charge in [0.15, 0.2) is 5.65 Å². The summed E-state index contributed by atoms with van der Waals surface area (Å²) in [6.07, 6.45) is 17.9. The number of rotatable bonds is 2. The van der Waals surface area contributed by atoms with E-state index in [1.54, 1.807) is 25.5 Å². The molecule has 1 atom stereocenters. The van der Waals surface area contributed by atoms with E-state index in [0.717, 1.165) is 33.8 Å². The van der Waals surface area contributed by atoms with Gasteiger partial charge >= 0.3 is 0 Å². The van der Waals surface area contributed by atoms with Crippen LogP contribution in [0.25, 0.3) is 28.2 Å². The van der Waals surface area contributed by atoms with Gasteiger partial charge < -0.3 is 9.30 Å². The van der Waals surface area contributed by atoms with E-state index in [4.69, 9.17) is 7.85 Å². The minimum atomic E-state index is 0.606. The van der Waals surface area contributed by atoms with Crippen LogP contribution in [0.1, 0.15) is 51.3 Å². The van der Waals surface area contributed by atoms with E-state index in [-0.39, 0.29) is 0 Å². The van der Waals surface area contributed by atoms with Gasteiger partial charge in [0.1, 0.15) is 19.4 Å². The highest BCUT2D eigenvalue weighted by molar-refractivity contribution is 6.36. The van der Waals surface area contributed by atoms with Gasteiger partial charge in [0.2, 0.25) is 0 Å². The Hall–Kier alpha value is -3.13. The van der Waals surface area contributed by atoms with Crippen molar-refractivity contribution in [2.75, 3.05) is 20.1 Å². The molecule has 4 heterocycles. The summed E-state index contributed by atoms with van der Waals surface area (Å²) in [7, 11) is 8.44. The summed E-state index contributed by atoms with van der Waals surface area (Å²) in [6.45, 7) is 6.92. The fourth-order valence-corrected chi connectivity index (χ4v) is 5.70. The van der Waals surface area contributed by atoms with Crippen LogP contribution in [-0.2, 0) is 0 Å². The first kappa shape index (κ1) is 24.6. The van der Waals surface area contributed by atoms with Gasteiger partial charge in [-0.2, -0.15) is 0 Å². The third kappa shape index (κ3) is 5.49. The molecule has 2 fully saturated rings. The van der Waals surface area contributed by atoms with Crippen LogP contribution in [0, 0.1) is 18.3 Å². The molecule has 0 N–H and O–H groups in total. The normalized spacial score (nSPS) is 19.7. The van der Waals surface area contributed by atoms with Crippen molar-refractivity contribution in [2.24, 2.45) is 11.3 Å². The minimum Gasteiger partial charge on any atom is -0.306 e. The van der Waals surface area contributed by atoms with Crippen LogP contribution in [0.15, 0.2) is 49.2 Å². The van der Waals surface area contributed by atoms with Gasteiger partial charge in [0, 0.05) is 24.2 Å². The smallest absolute Gasteiger partial charge is 0.155 e. The van der Waals surface area contributed by atoms with Gasteiger partial charge in [0.25, 0.3) is 0 Å². The van der Waals surface area contributed by atoms with E-state index in [0.29, 0.717) is 17.0 Å². The van der Waals surface area contributed by atoms with Crippen LogP contribution in [0.4, 0.5) is 0 Å². The molecule has 7 nitrogen and oxygen atoms in total. The van der Waals surface area contributed by atoms with Crippen LogP contribution < -0.4 is 5.46 Å². The number of nitrogens with zero attached hydrogens (tertiary/aromatic N) is 7. The molecule has 8 heteroatoms. The van der Waals surface area contributed by atoms with Crippen molar-refractivity contribution in [1.82, 2.24) is 34.4 Å². The highest BCUT2D eigenvalue weighted by Crippen LogP contribution is 2.46. The molecule has 1 saturated carbocycles. The lowest BCUT2D eigenvalue weighted by Gasteiger charge is -2.45. The van der Waals surface area contributed by atoms with E-state index in [1.165, 1.54) is 51.6 Å². The van der Waals surface area contributed by atoms with Crippen LogP contribution >= 0.6 is 0 Å². The molecule has 0 amide bonds. The first-order chi connectivity index (χ1) is 17.4. The summed E-state index contributed by atoms with van der Waals surface area (Å²) in [5.74, 6) is 1.62. The van der Waals surface area contributed by atoms with Crippen LogP contribution in [-0.4, -0.2) is 62.4 Å². The maximum Gasteiger partial charge on any atom is 0.155 e. The van der Waals surface area contributed by atoms with E-state index in [2.05, 4.69) is 44.0 Å². The largest absolute Gasteiger partial charge is 0.306 e. The second-order valence-corrected chi connectivity index (χ2v) is 10.7. The van der Waals surface area contributed by atoms with Gasteiger partial charge in [-0.1, -0.05) is 43.4 Å². The maximum atomic E-state index is 6.18. The lowest BCUT2D eigenvalue weighted by atomic mass is 9.65. The molecule has 36 heavy (non-hydrogen) atoms. The molecule has 1 spiro atoms. The van der Waals surface area contributed by atoms with Crippen molar-refractivity contribution < 1.29 is 0 Å². The Labute approximate surface area is 214 Å². The Morgan fingerprint density at radius 1 is 1.00 bits per heavy atom. The van der Waals surface area contributed by atoms with Crippen molar-refractivity contribution in [3.8, 4) is 22.5 Å². The average Bonchev–Trinajstić information content (AvgIpc) is 3.35. The highest BCUT2D eigenvalue weighted by atomic mass is 15.1. The molecule has 0 bridgehead atoms. The van der Waals surface area contributed by atoms with Gasteiger partial charge in [-0.15, -0.1) is 10.2 Å². The minimum absolute atomic E-state index is 0.606. The Balaban J connectivity index is 0.000000174. The van der Waals surface area contributed by atoms with Gasteiger partial charge in [-0.05, 0) is 69.6 Å². The topological polar surface area (TPSA) is 72.1 Å². The van der Waals surface area contributed by atoms with E-state index in [9.17, 15) is 0 Å². The first-order valence-corrected chi connectivity index (χ1v) is 12.9. The Kier molecular flexibility index (Phi) is 7.14. The Morgan fingerprint density at radius 2 is 1.83 bits per heavy atom. The van der Waals surface area contributed by atoms with E-state index < -0.39 is 0 Å². The maximum absolute atomic E-state index is 6.18. The zero-order valence-electron chi connectivity index (χ0n) is 21.6. The molecule has 3 aromatic heterocycles. The van der Waals surface area contributed by atoms with E-state index in [1.807, 2.05) is 35.0 Å². The summed E-state index contributed by atoms with van der Waals surface area (Å²) in [4.78, 5) is 15.3. The van der Waals surface area contributed by atoms with Crippen molar-refractivity contribution in [2.45, 2.75) is 52.4 Å². The molecule has 6 rings (SSSR count). The molecule has 1 aliphatic carbocycles. The molecule has 1 unspecified atom stereocenters. The van der Waals surface area contributed by atoms with Crippen molar-refractivity contribution in [3.63, 3.8) is 0 Å². The molecule has 1 aliphatic heterocycles. The summed E-state index contributed by atoms with van der Waals surface area (Å²) >= 11 is 0. The summed E-state index contributed by atoms with van der Waals surface area (Å²) < 4.78 is 1.92. The monoisotopic (exact) mass is 479 g/mol. The molecule has 4 aromatic rings. The van der Waals surface area contributed by atoms with Crippen LogP contribution in [0.3, 0.4) is 0 Å². The number of likely N-dealkylation sites (tertiary alicyclic amines) is 1. The predicted octanol–water partition coefficient (Wildman–Crippen LogP) is 4.26. The number of hydrogen-bond donors (Lipinski definition) is 0. The number of aryl methyl sites for hydroxylation is 1. The second kappa shape index (κ2) is 10.5. The van der Waals surface area contributed by atoms with Crippen LogP contribution in [0.2, 0.25) is 0 Å². The summed E-state index contributed by atoms with van der Waals surface area (Å²) in [5.41, 5.74) is 5.38. The van der Waals surface area contributed by atoms with Crippen molar-refractivity contribution >= 4 is 19.0 Å². The Morgan fingerprint density at radius 3 is 2.56 bits per heavy atom. The molecular weight excluding hydrogens is 445 g/mol. The number of imidazole rings is 1. The fourth-order valence-electron chi connectivity index (χ4n) is 5.70. The standard InChI is InChI=1S/C16H11BN6.C12H23N/c1-10-19-7-14(22-21-10)12-3-2-11(6-13(12)17)15-9-23-5-4-18-16(23)8-20-15;1-11-4-3-5-12(10-11)6-8-13(2)9-7-12/h2-9H,1H3;11H,3-10H2,1-2H3. The third-order valence-corrected chi connectivity index (χ3v) is 7.81. The molecule has 1 aromatic carbocycles. The van der Waals surface area contributed by atoms with Gasteiger partial charge in [-0.25, -0.2) is 9.97 Å². The molecular formula is C28H34BN7. The summed E-state index contributed by atoms with van der Waals surface area (Å²) in [6, 6.07) is 5.74. The summed E-state index contributed by atoms with van der Waals surface area (Å²) in [5, 5.41) is 8.09. The SMILES string of the molecule is CC1CCCC2(CCN(C)CC2)C1.[B]c1cc(-c2cn3ccnc3cn2)ccc1-c1cnc(C)nn1. The van der Waals surface area contributed by atoms with Gasteiger partial charge in [-0.3, -0.25) is 4.98 Å². The number of hydrogen-bond acceptors (Lipinski definition) is 6. The van der Waals surface area contributed by atoms with E-state index >= 15 is 0 Å². The lowest BCUT2D eigenvalue weighted by Crippen LogP contribution is -2.40. The second-order valence-electron chi connectivity index (χ2n) is 10.7. The molecule has 2 aliphatic rings. The molecule has 2 radical (unpaired) electrons. The van der Waals surface area contributed by atoms with Gasteiger partial charge in [0.05, 0.1) is 18.1 Å². The third-order valence-electron chi connectivity index (χ3n) is 7.81. The molecule has 1 saturated heterocycles. The quantitative estimate of drug-likeness (QED) is 0.400. The Bertz CT molecular complexity index is 1310. The van der Waals surface area contributed by atoms with Crippen LogP contribution in [0.5, 0.6) is 0 Å². The lowest BCUT2D eigenvalue weighted by molar-refractivity contribution is 0.0594.